The van der Waals surface area contributed by atoms with Gasteiger partial charge in [0.25, 0.3) is 0 Å². The molecule has 0 aromatic heterocycles. The molecule has 0 amide bonds. The van der Waals surface area contributed by atoms with Crippen molar-refractivity contribution < 1.29 is 19.0 Å². The largest absolute Gasteiger partial charge is 0.379 e. The molecule has 2 aliphatic heterocycles. The molecule has 1 saturated carbocycles. The highest BCUT2D eigenvalue weighted by molar-refractivity contribution is 5.86. The first-order chi connectivity index (χ1) is 10.9. The van der Waals surface area contributed by atoms with Crippen LogP contribution in [0, 0.1) is 5.41 Å². The van der Waals surface area contributed by atoms with Crippen molar-refractivity contribution in [3.8, 4) is 0 Å². The van der Waals surface area contributed by atoms with E-state index < -0.39 is 0 Å². The van der Waals surface area contributed by atoms with E-state index in [0.29, 0.717) is 30.9 Å². The molecule has 2 heterocycles. The second kappa shape index (κ2) is 6.43. The minimum atomic E-state index is -0.288. The van der Waals surface area contributed by atoms with Crippen LogP contribution >= 0.6 is 0 Å². The van der Waals surface area contributed by atoms with E-state index in [1.54, 1.807) is 7.11 Å². The molecule has 5 unspecified atom stereocenters. The second-order valence-corrected chi connectivity index (χ2v) is 8.02. The van der Waals surface area contributed by atoms with Gasteiger partial charge in [-0.2, -0.15) is 0 Å². The summed E-state index contributed by atoms with van der Waals surface area (Å²) in [5.41, 5.74) is -0.474. The summed E-state index contributed by atoms with van der Waals surface area (Å²) in [6.45, 7) is 7.61. The van der Waals surface area contributed by atoms with Crippen LogP contribution in [0.25, 0.3) is 0 Å². The van der Waals surface area contributed by atoms with Crippen molar-refractivity contribution in [1.82, 2.24) is 5.32 Å². The zero-order valence-electron chi connectivity index (χ0n) is 14.9. The lowest BCUT2D eigenvalue weighted by Crippen LogP contribution is -2.51. The minimum absolute atomic E-state index is 0.0586. The summed E-state index contributed by atoms with van der Waals surface area (Å²) in [6.07, 6.45) is 4.37. The van der Waals surface area contributed by atoms with Crippen molar-refractivity contribution in [3.05, 3.63) is 0 Å². The number of rotatable bonds is 5. The molecule has 5 atom stereocenters. The van der Waals surface area contributed by atoms with Gasteiger partial charge in [-0.15, -0.1) is 0 Å². The fourth-order valence-corrected chi connectivity index (χ4v) is 4.98. The Kier molecular flexibility index (Phi) is 4.85. The first kappa shape index (κ1) is 17.3. The van der Waals surface area contributed by atoms with Gasteiger partial charge in [-0.05, 0) is 39.5 Å². The molecule has 0 spiro atoms. The Bertz CT molecular complexity index is 452. The van der Waals surface area contributed by atoms with E-state index in [9.17, 15) is 4.79 Å². The molecule has 1 aliphatic carbocycles. The van der Waals surface area contributed by atoms with Gasteiger partial charge in [0.05, 0.1) is 29.8 Å². The zero-order chi connectivity index (χ0) is 16.7. The number of Topliss-reactive ketones (excluding diaryl/α,β-unsaturated/α-hetero) is 1. The van der Waals surface area contributed by atoms with Gasteiger partial charge in [0.15, 0.2) is 0 Å². The van der Waals surface area contributed by atoms with Crippen molar-refractivity contribution in [2.45, 2.75) is 82.8 Å². The Hall–Kier alpha value is -0.490. The van der Waals surface area contributed by atoms with Gasteiger partial charge in [0.2, 0.25) is 0 Å². The quantitative estimate of drug-likeness (QED) is 0.839. The molecule has 5 nitrogen and oxygen atoms in total. The van der Waals surface area contributed by atoms with Gasteiger partial charge in [-0.1, -0.05) is 6.92 Å². The van der Waals surface area contributed by atoms with Crippen molar-refractivity contribution in [1.29, 1.82) is 0 Å². The van der Waals surface area contributed by atoms with E-state index in [1.165, 1.54) is 0 Å². The number of ketones is 1. The summed E-state index contributed by atoms with van der Waals surface area (Å²) in [4.78, 5) is 12.7. The van der Waals surface area contributed by atoms with Crippen LogP contribution in [-0.4, -0.2) is 56.0 Å². The standard InChI is InChI=1S/C18H31NO4/c1-5-15(20)18-9-12(8-16(18)23-17(2,3)11-18)19-13-6-7-22-10-14(13)21-4/h12-14,16,19H,5-11H2,1-4H3. The smallest absolute Gasteiger partial charge is 0.141 e. The predicted molar refractivity (Wildman–Crippen MR) is 87.5 cm³/mol. The molecule has 132 valence electrons. The van der Waals surface area contributed by atoms with Gasteiger partial charge in [0, 0.05) is 32.2 Å². The monoisotopic (exact) mass is 325 g/mol. The number of carbonyl (C=O) groups excluding carboxylic acids is 1. The molecular formula is C18H31NO4. The maximum Gasteiger partial charge on any atom is 0.141 e. The van der Waals surface area contributed by atoms with Gasteiger partial charge in [0.1, 0.15) is 5.78 Å². The van der Waals surface area contributed by atoms with E-state index in [-0.39, 0.29) is 23.2 Å². The number of ether oxygens (including phenoxy) is 3. The van der Waals surface area contributed by atoms with Crippen LogP contribution in [0.5, 0.6) is 0 Å². The molecule has 1 N–H and O–H groups in total. The van der Waals surface area contributed by atoms with Crippen molar-refractivity contribution in [2.24, 2.45) is 5.41 Å². The average molecular weight is 325 g/mol. The topological polar surface area (TPSA) is 56.8 Å². The first-order valence-corrected chi connectivity index (χ1v) is 8.98. The Morgan fingerprint density at radius 2 is 2.17 bits per heavy atom. The Labute approximate surface area is 139 Å². The molecule has 3 fully saturated rings. The lowest BCUT2D eigenvalue weighted by Gasteiger charge is -2.34. The van der Waals surface area contributed by atoms with Crippen LogP contribution in [0.15, 0.2) is 0 Å². The lowest BCUT2D eigenvalue weighted by atomic mass is 9.74. The summed E-state index contributed by atoms with van der Waals surface area (Å²) in [6, 6.07) is 0.631. The highest BCUT2D eigenvalue weighted by Gasteiger charge is 2.60. The third-order valence-electron chi connectivity index (χ3n) is 5.86. The highest BCUT2D eigenvalue weighted by Crippen LogP contribution is 2.54. The Balaban J connectivity index is 1.70. The van der Waals surface area contributed by atoms with E-state index in [2.05, 4.69) is 19.2 Å². The molecule has 3 rings (SSSR count). The van der Waals surface area contributed by atoms with Crippen LogP contribution in [-0.2, 0) is 19.0 Å². The number of carbonyl (C=O) groups is 1. The Morgan fingerprint density at radius 3 is 2.87 bits per heavy atom. The highest BCUT2D eigenvalue weighted by atomic mass is 16.5. The van der Waals surface area contributed by atoms with E-state index >= 15 is 0 Å². The first-order valence-electron chi connectivity index (χ1n) is 8.98. The zero-order valence-corrected chi connectivity index (χ0v) is 14.9. The summed E-state index contributed by atoms with van der Waals surface area (Å²) < 4.78 is 17.3. The molecule has 5 heteroatoms. The van der Waals surface area contributed by atoms with E-state index in [4.69, 9.17) is 14.2 Å². The third-order valence-corrected chi connectivity index (χ3v) is 5.86. The van der Waals surface area contributed by atoms with Crippen LogP contribution < -0.4 is 5.32 Å². The minimum Gasteiger partial charge on any atom is -0.379 e. The number of hydrogen-bond donors (Lipinski definition) is 1. The number of methoxy groups -OCH3 is 1. The van der Waals surface area contributed by atoms with Gasteiger partial charge in [-0.25, -0.2) is 0 Å². The van der Waals surface area contributed by atoms with Crippen LogP contribution in [0.4, 0.5) is 0 Å². The molecule has 0 bridgehead atoms. The number of fused-ring (bicyclic) bond motifs is 1. The number of hydrogen-bond acceptors (Lipinski definition) is 5. The molecular weight excluding hydrogens is 294 g/mol. The summed E-state index contributed by atoms with van der Waals surface area (Å²) in [7, 11) is 1.74. The average Bonchev–Trinajstić information content (AvgIpc) is 2.96. The van der Waals surface area contributed by atoms with Crippen molar-refractivity contribution >= 4 is 5.78 Å². The van der Waals surface area contributed by atoms with Crippen LogP contribution in [0.1, 0.15) is 52.9 Å². The fraction of sp³-hybridized carbons (Fsp3) is 0.944. The summed E-state index contributed by atoms with van der Waals surface area (Å²) in [5, 5.41) is 3.74. The predicted octanol–water partition coefficient (Wildman–Crippen LogP) is 2.08. The molecule has 3 aliphatic rings. The van der Waals surface area contributed by atoms with E-state index in [1.807, 2.05) is 6.92 Å². The van der Waals surface area contributed by atoms with Gasteiger partial charge >= 0.3 is 0 Å². The molecule has 2 saturated heterocycles. The maximum absolute atomic E-state index is 12.7. The van der Waals surface area contributed by atoms with Gasteiger partial charge < -0.3 is 19.5 Å². The summed E-state index contributed by atoms with van der Waals surface area (Å²) >= 11 is 0. The van der Waals surface area contributed by atoms with Crippen LogP contribution in [0.3, 0.4) is 0 Å². The van der Waals surface area contributed by atoms with E-state index in [0.717, 1.165) is 32.3 Å². The maximum atomic E-state index is 12.7. The normalized spacial score (nSPS) is 42.6. The SMILES string of the molecule is CCC(=O)C12CC(NC3CCOCC3OC)CC1OC(C)(C)C2. The van der Waals surface area contributed by atoms with Gasteiger partial charge in [-0.3, -0.25) is 4.79 Å². The molecule has 23 heavy (non-hydrogen) atoms. The second-order valence-electron chi connectivity index (χ2n) is 8.02. The number of nitrogens with one attached hydrogen (secondary N) is 1. The van der Waals surface area contributed by atoms with Crippen LogP contribution in [0.2, 0.25) is 0 Å². The Morgan fingerprint density at radius 1 is 1.39 bits per heavy atom. The van der Waals surface area contributed by atoms with Crippen molar-refractivity contribution in [2.75, 3.05) is 20.3 Å². The third kappa shape index (κ3) is 3.21. The fourth-order valence-electron chi connectivity index (χ4n) is 4.98. The molecule has 0 aromatic rings. The van der Waals surface area contributed by atoms with Crippen molar-refractivity contribution in [3.63, 3.8) is 0 Å². The lowest BCUT2D eigenvalue weighted by molar-refractivity contribution is -0.130. The summed E-state index contributed by atoms with van der Waals surface area (Å²) in [5.74, 6) is 0.368. The molecule has 0 radical (unpaired) electrons. The molecule has 0 aromatic carbocycles.